The topological polar surface area (TPSA) is 72.7 Å². The molecule has 0 amide bonds. The Bertz CT molecular complexity index is 816. The van der Waals surface area contributed by atoms with Gasteiger partial charge in [0.1, 0.15) is 0 Å². The number of fused-ring (bicyclic) bond motifs is 1. The van der Waals surface area contributed by atoms with Crippen LogP contribution in [0.1, 0.15) is 39.5 Å². The monoisotopic (exact) mass is 336 g/mol. The molecule has 0 saturated heterocycles. The summed E-state index contributed by atoms with van der Waals surface area (Å²) in [6.07, 6.45) is 4.44. The normalized spacial score (nSPS) is 11.3. The molecule has 23 heavy (non-hydrogen) atoms. The minimum absolute atomic E-state index is 0.367. The molecule has 7 heteroatoms. The minimum Gasteiger partial charge on any atom is -0.313 e. The van der Waals surface area contributed by atoms with Crippen LogP contribution in [0.15, 0.2) is 26.9 Å². The van der Waals surface area contributed by atoms with Crippen LogP contribution in [0.2, 0.25) is 0 Å². The van der Waals surface area contributed by atoms with Gasteiger partial charge in [-0.1, -0.05) is 50.1 Å². The largest absolute Gasteiger partial charge is 0.329 e. The summed E-state index contributed by atoms with van der Waals surface area (Å²) in [4.78, 5) is 30.9. The number of aromatic nitrogens is 4. The third-order valence-electron chi connectivity index (χ3n) is 3.65. The second-order valence-corrected chi connectivity index (χ2v) is 6.79. The lowest BCUT2D eigenvalue weighted by molar-refractivity contribution is 0.562. The Kier molecular flexibility index (Phi) is 5.87. The highest BCUT2D eigenvalue weighted by molar-refractivity contribution is 7.99. The molecule has 2 heterocycles. The van der Waals surface area contributed by atoms with Gasteiger partial charge in [0.05, 0.1) is 0 Å². The van der Waals surface area contributed by atoms with E-state index in [-0.39, 0.29) is 5.56 Å². The number of nitrogens with zero attached hydrogens (tertiary/aromatic N) is 3. The van der Waals surface area contributed by atoms with Gasteiger partial charge in [-0.25, -0.2) is 9.78 Å². The van der Waals surface area contributed by atoms with Crippen LogP contribution in [-0.2, 0) is 13.6 Å². The fourth-order valence-electron chi connectivity index (χ4n) is 2.42. The molecule has 126 valence electrons. The van der Waals surface area contributed by atoms with Crippen molar-refractivity contribution in [1.82, 2.24) is 19.1 Å². The van der Waals surface area contributed by atoms with Gasteiger partial charge in [-0.15, -0.1) is 0 Å². The molecule has 2 aromatic heterocycles. The van der Waals surface area contributed by atoms with Gasteiger partial charge < -0.3 is 4.57 Å². The Hall–Kier alpha value is -1.76. The highest BCUT2D eigenvalue weighted by atomic mass is 32.2. The van der Waals surface area contributed by atoms with Crippen molar-refractivity contribution in [1.29, 1.82) is 0 Å². The van der Waals surface area contributed by atoms with Crippen LogP contribution in [0, 0.1) is 0 Å². The summed E-state index contributed by atoms with van der Waals surface area (Å²) in [5.41, 5.74) is 1.16. The van der Waals surface area contributed by atoms with Gasteiger partial charge in [0.2, 0.25) is 0 Å². The quantitative estimate of drug-likeness (QED) is 0.457. The summed E-state index contributed by atoms with van der Waals surface area (Å²) < 4.78 is 3.33. The van der Waals surface area contributed by atoms with Crippen LogP contribution >= 0.6 is 11.8 Å². The fourth-order valence-corrected chi connectivity index (χ4v) is 3.28. The first kappa shape index (κ1) is 17.6. The van der Waals surface area contributed by atoms with Gasteiger partial charge in [-0.3, -0.25) is 14.3 Å². The Labute approximate surface area is 139 Å². The number of nitrogens with one attached hydrogen (secondary N) is 1. The van der Waals surface area contributed by atoms with Gasteiger partial charge >= 0.3 is 5.69 Å². The molecule has 0 fully saturated rings. The molecule has 0 saturated carbocycles. The van der Waals surface area contributed by atoms with Crippen LogP contribution < -0.4 is 11.2 Å². The number of imidazole rings is 1. The average Bonchev–Trinajstić information content (AvgIpc) is 2.86. The number of hydrogen-bond acceptors (Lipinski definition) is 4. The summed E-state index contributed by atoms with van der Waals surface area (Å²) in [7, 11) is 1.63. The third kappa shape index (κ3) is 3.96. The van der Waals surface area contributed by atoms with E-state index in [1.165, 1.54) is 11.0 Å². The summed E-state index contributed by atoms with van der Waals surface area (Å²) in [5.74, 6) is 0.740. The van der Waals surface area contributed by atoms with Crippen LogP contribution in [-0.4, -0.2) is 24.9 Å². The van der Waals surface area contributed by atoms with E-state index in [4.69, 9.17) is 0 Å². The Morgan fingerprint density at radius 2 is 2.04 bits per heavy atom. The Morgan fingerprint density at radius 3 is 2.70 bits per heavy atom. The molecular weight excluding hydrogens is 312 g/mol. The van der Waals surface area contributed by atoms with Gasteiger partial charge in [0, 0.05) is 19.3 Å². The SMILES string of the molecule is C=C(C)CSc1nc2c(c(=O)[nH]c(=O)n2C)n1CCCCCC. The lowest BCUT2D eigenvalue weighted by Crippen LogP contribution is -2.29. The van der Waals surface area contributed by atoms with E-state index in [0.29, 0.717) is 11.2 Å². The van der Waals surface area contributed by atoms with E-state index in [1.807, 2.05) is 11.5 Å². The van der Waals surface area contributed by atoms with E-state index in [9.17, 15) is 9.59 Å². The molecule has 0 bridgehead atoms. The van der Waals surface area contributed by atoms with E-state index in [0.717, 1.165) is 42.3 Å². The molecule has 1 N–H and O–H groups in total. The molecule has 2 rings (SSSR count). The first-order valence-corrected chi connectivity index (χ1v) is 8.91. The van der Waals surface area contributed by atoms with Crippen LogP contribution in [0.3, 0.4) is 0 Å². The molecule has 0 aliphatic carbocycles. The highest BCUT2D eigenvalue weighted by Crippen LogP contribution is 2.23. The predicted octanol–water partition coefficient (Wildman–Crippen LogP) is 2.67. The Balaban J connectivity index is 2.47. The van der Waals surface area contributed by atoms with E-state index in [2.05, 4.69) is 23.5 Å². The van der Waals surface area contributed by atoms with Crippen LogP contribution in [0.4, 0.5) is 0 Å². The molecule has 0 aliphatic rings. The summed E-state index contributed by atoms with van der Waals surface area (Å²) in [5, 5.41) is 0.770. The minimum atomic E-state index is -0.436. The molecule has 6 nitrogen and oxygen atoms in total. The average molecular weight is 336 g/mol. The lowest BCUT2D eigenvalue weighted by atomic mass is 10.2. The van der Waals surface area contributed by atoms with E-state index < -0.39 is 5.69 Å². The number of thioether (sulfide) groups is 1. The zero-order valence-corrected chi connectivity index (χ0v) is 14.8. The van der Waals surface area contributed by atoms with Crippen molar-refractivity contribution in [3.05, 3.63) is 33.0 Å². The fraction of sp³-hybridized carbons (Fsp3) is 0.562. The maximum absolute atomic E-state index is 12.3. The van der Waals surface area contributed by atoms with Gasteiger partial charge in [0.15, 0.2) is 16.3 Å². The lowest BCUT2D eigenvalue weighted by Gasteiger charge is -2.08. The number of H-pyrrole nitrogens is 1. The molecule has 2 aromatic rings. The molecule has 0 atom stereocenters. The maximum Gasteiger partial charge on any atom is 0.329 e. The summed E-state index contributed by atoms with van der Waals surface area (Å²) >= 11 is 1.55. The first-order valence-electron chi connectivity index (χ1n) is 7.92. The van der Waals surface area contributed by atoms with E-state index in [1.54, 1.807) is 18.8 Å². The molecule has 0 radical (unpaired) electrons. The highest BCUT2D eigenvalue weighted by Gasteiger charge is 2.17. The molecule has 0 spiro atoms. The van der Waals surface area contributed by atoms with Crippen molar-refractivity contribution in [2.45, 2.75) is 51.2 Å². The predicted molar refractivity (Wildman–Crippen MR) is 95.3 cm³/mol. The van der Waals surface area contributed by atoms with Crippen molar-refractivity contribution in [2.24, 2.45) is 7.05 Å². The molecular formula is C16H24N4O2S. The Morgan fingerprint density at radius 1 is 1.30 bits per heavy atom. The van der Waals surface area contributed by atoms with Crippen molar-refractivity contribution < 1.29 is 0 Å². The number of hydrogen-bond donors (Lipinski definition) is 1. The standard InChI is InChI=1S/C16H24N4O2S/c1-5-6-7-8-9-20-12-13(17-16(20)23-10-11(2)3)19(4)15(22)18-14(12)21/h2,5-10H2,1,3-4H3,(H,18,21,22). The van der Waals surface area contributed by atoms with Gasteiger partial charge in [-0.05, 0) is 13.3 Å². The number of rotatable bonds is 8. The smallest absolute Gasteiger partial charge is 0.313 e. The third-order valence-corrected chi connectivity index (χ3v) is 4.86. The van der Waals surface area contributed by atoms with Crippen molar-refractivity contribution in [2.75, 3.05) is 5.75 Å². The van der Waals surface area contributed by atoms with Gasteiger partial charge in [-0.2, -0.15) is 0 Å². The van der Waals surface area contributed by atoms with Gasteiger partial charge in [0.25, 0.3) is 5.56 Å². The second-order valence-electron chi connectivity index (χ2n) is 5.84. The van der Waals surface area contributed by atoms with Crippen LogP contribution in [0.25, 0.3) is 11.2 Å². The molecule has 0 unspecified atom stereocenters. The number of aromatic amines is 1. The number of aryl methyl sites for hydroxylation is 2. The van der Waals surface area contributed by atoms with Crippen molar-refractivity contribution >= 4 is 22.9 Å². The summed E-state index contributed by atoms with van der Waals surface area (Å²) in [6.45, 7) is 8.77. The molecule has 0 aliphatic heterocycles. The second kappa shape index (κ2) is 7.68. The summed E-state index contributed by atoms with van der Waals surface area (Å²) in [6, 6.07) is 0. The zero-order valence-electron chi connectivity index (χ0n) is 14.0. The first-order chi connectivity index (χ1) is 11.0. The van der Waals surface area contributed by atoms with Crippen molar-refractivity contribution in [3.63, 3.8) is 0 Å². The number of unbranched alkanes of at least 4 members (excludes halogenated alkanes) is 3. The van der Waals surface area contributed by atoms with E-state index >= 15 is 0 Å². The van der Waals surface area contributed by atoms with Crippen molar-refractivity contribution in [3.8, 4) is 0 Å². The molecule has 0 aromatic carbocycles. The zero-order chi connectivity index (χ0) is 17.0. The van der Waals surface area contributed by atoms with Crippen LogP contribution in [0.5, 0.6) is 0 Å². The maximum atomic E-state index is 12.3.